The third kappa shape index (κ3) is 3.68. The fourth-order valence-electron chi connectivity index (χ4n) is 3.22. The summed E-state index contributed by atoms with van der Waals surface area (Å²) in [4.78, 5) is 0.268. The van der Waals surface area contributed by atoms with Crippen molar-refractivity contribution in [3.63, 3.8) is 0 Å². The minimum absolute atomic E-state index is 0.200. The van der Waals surface area contributed by atoms with Crippen molar-refractivity contribution in [3.8, 4) is 5.69 Å². The first-order valence-electron chi connectivity index (χ1n) is 8.83. The van der Waals surface area contributed by atoms with Gasteiger partial charge in [0.2, 0.25) is 10.0 Å². The van der Waals surface area contributed by atoms with Gasteiger partial charge in [0.05, 0.1) is 23.3 Å². The molecule has 0 atom stereocenters. The minimum Gasteiger partial charge on any atom is -0.275 e. The van der Waals surface area contributed by atoms with Crippen LogP contribution in [0.15, 0.2) is 47.6 Å². The van der Waals surface area contributed by atoms with Crippen molar-refractivity contribution >= 4 is 10.0 Å². The molecule has 0 spiro atoms. The molecule has 7 nitrogen and oxygen atoms in total. The number of nitrogens with zero attached hydrogens (tertiary/aromatic N) is 5. The first-order chi connectivity index (χ1) is 12.7. The van der Waals surface area contributed by atoms with Crippen LogP contribution in [0.4, 0.5) is 0 Å². The van der Waals surface area contributed by atoms with Gasteiger partial charge in [-0.3, -0.25) is 4.68 Å². The van der Waals surface area contributed by atoms with Gasteiger partial charge >= 0.3 is 0 Å². The Morgan fingerprint density at radius 2 is 1.81 bits per heavy atom. The molecule has 0 aliphatic rings. The Balaban J connectivity index is 2.06. The number of rotatable bonds is 6. The number of hydrogen-bond acceptors (Lipinski definition) is 4. The Morgan fingerprint density at radius 3 is 2.37 bits per heavy atom. The molecule has 0 unspecified atom stereocenters. The van der Waals surface area contributed by atoms with Gasteiger partial charge in [-0.05, 0) is 39.8 Å². The molecule has 3 aromatic rings. The molecule has 1 aromatic carbocycles. The van der Waals surface area contributed by atoms with Crippen molar-refractivity contribution in [3.05, 3.63) is 59.7 Å². The molecule has 0 bridgehead atoms. The van der Waals surface area contributed by atoms with Crippen molar-refractivity contribution in [2.75, 3.05) is 0 Å². The first-order valence-corrected chi connectivity index (χ1v) is 10.3. The number of hydrogen-bond donors (Lipinski definition) is 0. The van der Waals surface area contributed by atoms with Gasteiger partial charge < -0.3 is 0 Å². The largest absolute Gasteiger partial charge is 0.275 e. The number of aryl methyl sites for hydroxylation is 2. The van der Waals surface area contributed by atoms with Gasteiger partial charge in [0, 0.05) is 31.4 Å². The van der Waals surface area contributed by atoms with Crippen LogP contribution in [0.1, 0.15) is 30.8 Å². The zero-order valence-electron chi connectivity index (χ0n) is 16.3. The summed E-state index contributed by atoms with van der Waals surface area (Å²) >= 11 is 0. The van der Waals surface area contributed by atoms with E-state index < -0.39 is 10.0 Å². The van der Waals surface area contributed by atoms with E-state index in [4.69, 9.17) is 0 Å². The van der Waals surface area contributed by atoms with Crippen LogP contribution < -0.4 is 0 Å². The molecule has 0 N–H and O–H groups in total. The topological polar surface area (TPSA) is 73.0 Å². The van der Waals surface area contributed by atoms with E-state index in [1.807, 2.05) is 57.4 Å². The quantitative estimate of drug-likeness (QED) is 0.652. The smallest absolute Gasteiger partial charge is 0.247 e. The summed E-state index contributed by atoms with van der Waals surface area (Å²) in [6.07, 6.45) is 3.52. The predicted octanol–water partition coefficient (Wildman–Crippen LogP) is 2.82. The highest BCUT2D eigenvalue weighted by atomic mass is 32.2. The van der Waals surface area contributed by atoms with E-state index in [0.717, 1.165) is 11.3 Å². The fraction of sp³-hybridized carbons (Fsp3) is 0.368. The van der Waals surface area contributed by atoms with E-state index in [1.165, 1.54) is 4.31 Å². The van der Waals surface area contributed by atoms with Gasteiger partial charge in [0.25, 0.3) is 0 Å². The Bertz CT molecular complexity index is 1040. The lowest BCUT2D eigenvalue weighted by Crippen LogP contribution is -2.36. The lowest BCUT2D eigenvalue weighted by Gasteiger charge is -2.25. The van der Waals surface area contributed by atoms with Crippen LogP contribution in [0.5, 0.6) is 0 Å². The van der Waals surface area contributed by atoms with Gasteiger partial charge in [-0.15, -0.1) is 0 Å². The third-order valence-electron chi connectivity index (χ3n) is 4.47. The molecule has 2 aromatic heterocycles. The monoisotopic (exact) mass is 387 g/mol. The van der Waals surface area contributed by atoms with Crippen molar-refractivity contribution in [2.45, 2.75) is 45.2 Å². The normalized spacial score (nSPS) is 12.3. The summed E-state index contributed by atoms with van der Waals surface area (Å²) in [6, 6.07) is 9.35. The summed E-state index contributed by atoms with van der Waals surface area (Å²) in [5.41, 5.74) is 2.78. The highest BCUT2D eigenvalue weighted by Crippen LogP contribution is 2.28. The van der Waals surface area contributed by atoms with Gasteiger partial charge in [-0.25, -0.2) is 13.1 Å². The molecule has 2 heterocycles. The Hall–Kier alpha value is -2.45. The second-order valence-electron chi connectivity index (χ2n) is 6.91. The van der Waals surface area contributed by atoms with Crippen molar-refractivity contribution in [1.29, 1.82) is 0 Å². The highest BCUT2D eigenvalue weighted by molar-refractivity contribution is 7.89. The first kappa shape index (κ1) is 19.3. The molecule has 0 fully saturated rings. The average molecular weight is 388 g/mol. The molecule has 0 amide bonds. The molecule has 27 heavy (non-hydrogen) atoms. The maximum atomic E-state index is 13.5. The van der Waals surface area contributed by atoms with Crippen LogP contribution in [-0.2, 0) is 23.6 Å². The minimum atomic E-state index is -3.72. The maximum Gasteiger partial charge on any atom is 0.247 e. The molecule has 8 heteroatoms. The van der Waals surface area contributed by atoms with Crippen LogP contribution >= 0.6 is 0 Å². The average Bonchev–Trinajstić information content (AvgIpc) is 3.15. The summed E-state index contributed by atoms with van der Waals surface area (Å²) < 4.78 is 31.9. The second-order valence-corrected chi connectivity index (χ2v) is 8.74. The van der Waals surface area contributed by atoms with Crippen LogP contribution in [0, 0.1) is 13.8 Å². The van der Waals surface area contributed by atoms with E-state index in [2.05, 4.69) is 10.2 Å². The van der Waals surface area contributed by atoms with Crippen LogP contribution in [0.25, 0.3) is 5.69 Å². The molecule has 0 radical (unpaired) electrons. The SMILES string of the molecule is Cc1nn(-c2ccccc2)c(C)c1S(=O)(=O)N(Cc1cnn(C)c1)C(C)C. The van der Waals surface area contributed by atoms with E-state index in [-0.39, 0.29) is 17.5 Å². The predicted molar refractivity (Wildman–Crippen MR) is 104 cm³/mol. The summed E-state index contributed by atoms with van der Waals surface area (Å²) in [7, 11) is -1.91. The number of sulfonamides is 1. The molecule has 144 valence electrons. The van der Waals surface area contributed by atoms with Gasteiger partial charge in [-0.1, -0.05) is 18.2 Å². The molecule has 0 aliphatic heterocycles. The molecular weight excluding hydrogens is 362 g/mol. The molecule has 0 aliphatic carbocycles. The van der Waals surface area contributed by atoms with Crippen molar-refractivity contribution < 1.29 is 8.42 Å². The van der Waals surface area contributed by atoms with E-state index in [0.29, 0.717) is 11.4 Å². The van der Waals surface area contributed by atoms with Crippen LogP contribution in [0.3, 0.4) is 0 Å². The van der Waals surface area contributed by atoms with Crippen molar-refractivity contribution in [1.82, 2.24) is 23.9 Å². The van der Waals surface area contributed by atoms with Gasteiger partial charge in [0.15, 0.2) is 0 Å². The highest BCUT2D eigenvalue weighted by Gasteiger charge is 2.33. The molecule has 0 saturated heterocycles. The molecular formula is C19H25N5O2S. The fourth-order valence-corrected chi connectivity index (χ4v) is 5.20. The van der Waals surface area contributed by atoms with Crippen LogP contribution in [-0.4, -0.2) is 38.3 Å². The molecule has 0 saturated carbocycles. The van der Waals surface area contributed by atoms with Gasteiger partial charge in [0.1, 0.15) is 4.90 Å². The van der Waals surface area contributed by atoms with E-state index >= 15 is 0 Å². The third-order valence-corrected chi connectivity index (χ3v) is 6.74. The van der Waals surface area contributed by atoms with E-state index in [9.17, 15) is 8.42 Å². The number of para-hydroxylation sites is 1. The maximum absolute atomic E-state index is 13.5. The standard InChI is InChI=1S/C19H25N5O2S/c1-14(2)23(13-17-11-20-22(5)12-17)27(25,26)19-15(3)21-24(16(19)4)18-9-7-6-8-10-18/h6-12,14H,13H2,1-5H3. The van der Waals surface area contributed by atoms with Crippen molar-refractivity contribution in [2.24, 2.45) is 7.05 Å². The van der Waals surface area contributed by atoms with Gasteiger partial charge in [-0.2, -0.15) is 14.5 Å². The molecule has 3 rings (SSSR count). The second kappa shape index (κ2) is 7.28. The number of aromatic nitrogens is 4. The lowest BCUT2D eigenvalue weighted by molar-refractivity contribution is 0.347. The Morgan fingerprint density at radius 1 is 1.15 bits per heavy atom. The van der Waals surface area contributed by atoms with Crippen LogP contribution in [0.2, 0.25) is 0 Å². The Kier molecular flexibility index (Phi) is 5.21. The lowest BCUT2D eigenvalue weighted by atomic mass is 10.3. The summed E-state index contributed by atoms with van der Waals surface area (Å²) in [5.74, 6) is 0. The van der Waals surface area contributed by atoms with E-state index in [1.54, 1.807) is 29.4 Å². The summed E-state index contributed by atoms with van der Waals surface area (Å²) in [6.45, 7) is 7.55. The Labute approximate surface area is 160 Å². The zero-order valence-corrected chi connectivity index (χ0v) is 17.1. The summed E-state index contributed by atoms with van der Waals surface area (Å²) in [5, 5.41) is 8.64. The zero-order chi connectivity index (χ0) is 19.8. The number of benzene rings is 1.